The van der Waals surface area contributed by atoms with Crippen LogP contribution in [0, 0.1) is 5.92 Å². The lowest BCUT2D eigenvalue weighted by Gasteiger charge is -2.00. The number of ketones is 2. The predicted octanol–water partition coefficient (Wildman–Crippen LogP) is 2.36. The molecule has 0 spiro atoms. The molecule has 0 amide bonds. The number of carbonyl (C=O) groups is 2. The van der Waals surface area contributed by atoms with Gasteiger partial charge in [-0.25, -0.2) is 0 Å². The summed E-state index contributed by atoms with van der Waals surface area (Å²) in [6, 6.07) is 3.54. The van der Waals surface area contributed by atoms with Crippen molar-refractivity contribution in [2.24, 2.45) is 5.92 Å². The average molecular weight is 235 g/mol. The Balaban J connectivity index is 1.99. The van der Waals surface area contributed by atoms with E-state index in [4.69, 9.17) is 0 Å². The maximum absolute atomic E-state index is 11.7. The summed E-state index contributed by atoms with van der Waals surface area (Å²) in [7, 11) is 0. The molecule has 1 saturated carbocycles. The molecule has 0 atom stereocenters. The van der Waals surface area contributed by atoms with Gasteiger partial charge in [0.05, 0.1) is 6.42 Å². The number of nitrogens with zero attached hydrogens (tertiary/aromatic N) is 1. The summed E-state index contributed by atoms with van der Waals surface area (Å²) in [6.45, 7) is 0. The molecule has 0 saturated heterocycles. The number of Topliss-reactive ketones (excluding diaryl/α,β-unsaturated/α-hetero) is 2. The van der Waals surface area contributed by atoms with Gasteiger partial charge in [-0.2, -0.15) is 0 Å². The van der Waals surface area contributed by atoms with Crippen LogP contribution in [0.15, 0.2) is 23.2 Å². The molecule has 2 rings (SSSR count). The summed E-state index contributed by atoms with van der Waals surface area (Å²) >= 11 is 1.58. The molecule has 3 nitrogen and oxygen atoms in total. The molecule has 1 fully saturated rings. The molecule has 0 N–H and O–H groups in total. The Morgan fingerprint density at radius 2 is 2.19 bits per heavy atom. The van der Waals surface area contributed by atoms with Gasteiger partial charge in [0.15, 0.2) is 5.78 Å². The van der Waals surface area contributed by atoms with Crippen LogP contribution in [0.4, 0.5) is 0 Å². The van der Waals surface area contributed by atoms with Crippen molar-refractivity contribution in [2.45, 2.75) is 24.2 Å². The maximum atomic E-state index is 11.7. The molecule has 0 radical (unpaired) electrons. The highest BCUT2D eigenvalue weighted by Crippen LogP contribution is 2.31. The molecule has 1 aliphatic rings. The van der Waals surface area contributed by atoms with E-state index in [9.17, 15) is 9.59 Å². The molecular weight excluding hydrogens is 222 g/mol. The summed E-state index contributed by atoms with van der Waals surface area (Å²) in [6.07, 6.45) is 5.53. The van der Waals surface area contributed by atoms with Gasteiger partial charge in [0.2, 0.25) is 0 Å². The van der Waals surface area contributed by atoms with Crippen molar-refractivity contribution in [2.75, 3.05) is 6.26 Å². The zero-order valence-electron chi connectivity index (χ0n) is 9.10. The number of aromatic nitrogens is 1. The van der Waals surface area contributed by atoms with E-state index in [1.807, 2.05) is 12.3 Å². The second-order valence-corrected chi connectivity index (χ2v) is 4.80. The van der Waals surface area contributed by atoms with Gasteiger partial charge in [0.25, 0.3) is 0 Å². The Bertz CT molecular complexity index is 410. The van der Waals surface area contributed by atoms with Gasteiger partial charge in [0, 0.05) is 17.0 Å². The first-order chi connectivity index (χ1) is 7.70. The smallest absolute Gasteiger partial charge is 0.188 e. The minimum Gasteiger partial charge on any atom is -0.299 e. The molecule has 1 aromatic heterocycles. The van der Waals surface area contributed by atoms with E-state index in [-0.39, 0.29) is 23.9 Å². The van der Waals surface area contributed by atoms with Crippen LogP contribution in [0.3, 0.4) is 0 Å². The van der Waals surface area contributed by atoms with Crippen molar-refractivity contribution in [1.29, 1.82) is 0 Å². The SMILES string of the molecule is CSc1ccc(C(=O)CC(=O)C2CC2)nc1. The topological polar surface area (TPSA) is 47.0 Å². The first-order valence-electron chi connectivity index (χ1n) is 5.26. The lowest BCUT2D eigenvalue weighted by molar-refractivity contribution is -0.119. The molecule has 1 aliphatic carbocycles. The van der Waals surface area contributed by atoms with Gasteiger partial charge >= 0.3 is 0 Å². The van der Waals surface area contributed by atoms with E-state index in [0.717, 1.165) is 17.7 Å². The van der Waals surface area contributed by atoms with Crippen LogP contribution in [-0.2, 0) is 4.79 Å². The number of hydrogen-bond donors (Lipinski definition) is 0. The third-order valence-corrected chi connectivity index (χ3v) is 3.34. The van der Waals surface area contributed by atoms with Gasteiger partial charge < -0.3 is 0 Å². The molecule has 1 heterocycles. The van der Waals surface area contributed by atoms with Crippen LogP contribution in [-0.4, -0.2) is 22.8 Å². The number of pyridine rings is 1. The fourth-order valence-corrected chi connectivity index (χ4v) is 1.83. The van der Waals surface area contributed by atoms with E-state index < -0.39 is 0 Å². The monoisotopic (exact) mass is 235 g/mol. The number of rotatable bonds is 5. The van der Waals surface area contributed by atoms with Gasteiger partial charge in [-0.1, -0.05) is 0 Å². The van der Waals surface area contributed by atoms with Crippen LogP contribution in [0.2, 0.25) is 0 Å². The van der Waals surface area contributed by atoms with Crippen LogP contribution in [0.5, 0.6) is 0 Å². The summed E-state index contributed by atoms with van der Waals surface area (Å²) in [5.74, 6) is 0.0553. The second kappa shape index (κ2) is 4.78. The van der Waals surface area contributed by atoms with E-state index in [1.54, 1.807) is 24.0 Å². The van der Waals surface area contributed by atoms with Gasteiger partial charge in [-0.05, 0) is 31.2 Å². The van der Waals surface area contributed by atoms with Crippen LogP contribution >= 0.6 is 11.8 Å². The first kappa shape index (κ1) is 11.3. The second-order valence-electron chi connectivity index (χ2n) is 3.92. The molecule has 0 unspecified atom stereocenters. The Morgan fingerprint density at radius 3 is 2.69 bits per heavy atom. The summed E-state index contributed by atoms with van der Waals surface area (Å²) in [5, 5.41) is 0. The first-order valence-corrected chi connectivity index (χ1v) is 6.49. The highest BCUT2D eigenvalue weighted by atomic mass is 32.2. The largest absolute Gasteiger partial charge is 0.299 e. The van der Waals surface area contributed by atoms with Crippen molar-refractivity contribution < 1.29 is 9.59 Å². The Morgan fingerprint density at radius 1 is 1.44 bits per heavy atom. The number of hydrogen-bond acceptors (Lipinski definition) is 4. The zero-order chi connectivity index (χ0) is 11.5. The quantitative estimate of drug-likeness (QED) is 0.446. The van der Waals surface area contributed by atoms with Crippen molar-refractivity contribution in [1.82, 2.24) is 4.98 Å². The minimum atomic E-state index is -0.162. The summed E-state index contributed by atoms with van der Waals surface area (Å²) in [4.78, 5) is 28.2. The van der Waals surface area contributed by atoms with E-state index >= 15 is 0 Å². The zero-order valence-corrected chi connectivity index (χ0v) is 9.92. The van der Waals surface area contributed by atoms with Crippen molar-refractivity contribution in [3.05, 3.63) is 24.0 Å². The number of carbonyl (C=O) groups excluding carboxylic acids is 2. The molecule has 84 valence electrons. The Kier molecular flexibility index (Phi) is 3.39. The van der Waals surface area contributed by atoms with Crippen LogP contribution in [0.1, 0.15) is 29.8 Å². The third-order valence-electron chi connectivity index (χ3n) is 2.63. The lowest BCUT2D eigenvalue weighted by Crippen LogP contribution is -2.10. The van der Waals surface area contributed by atoms with E-state index in [1.165, 1.54) is 0 Å². The third kappa shape index (κ3) is 2.70. The van der Waals surface area contributed by atoms with Gasteiger partial charge in [0.1, 0.15) is 11.5 Å². The molecular formula is C12H13NO2S. The minimum absolute atomic E-state index is 0.0102. The average Bonchev–Trinajstić information content (AvgIpc) is 3.13. The molecule has 1 aromatic rings. The van der Waals surface area contributed by atoms with Gasteiger partial charge in [-0.15, -0.1) is 11.8 Å². The van der Waals surface area contributed by atoms with Crippen molar-refractivity contribution in [3.8, 4) is 0 Å². The predicted molar refractivity (Wildman–Crippen MR) is 62.7 cm³/mol. The summed E-state index contributed by atoms with van der Waals surface area (Å²) in [5.41, 5.74) is 0.395. The van der Waals surface area contributed by atoms with E-state index in [0.29, 0.717) is 5.69 Å². The normalized spacial score (nSPS) is 14.8. The molecule has 16 heavy (non-hydrogen) atoms. The van der Waals surface area contributed by atoms with Crippen molar-refractivity contribution >= 4 is 23.3 Å². The maximum Gasteiger partial charge on any atom is 0.188 e. The number of thioether (sulfide) groups is 1. The van der Waals surface area contributed by atoms with Crippen LogP contribution < -0.4 is 0 Å². The molecule has 0 bridgehead atoms. The highest BCUT2D eigenvalue weighted by Gasteiger charge is 2.30. The molecule has 4 heteroatoms. The Hall–Kier alpha value is -1.16. The van der Waals surface area contributed by atoms with Gasteiger partial charge in [-0.3, -0.25) is 14.6 Å². The van der Waals surface area contributed by atoms with E-state index in [2.05, 4.69) is 4.98 Å². The summed E-state index contributed by atoms with van der Waals surface area (Å²) < 4.78 is 0. The van der Waals surface area contributed by atoms with Crippen LogP contribution in [0.25, 0.3) is 0 Å². The highest BCUT2D eigenvalue weighted by molar-refractivity contribution is 7.98. The van der Waals surface area contributed by atoms with Crippen molar-refractivity contribution in [3.63, 3.8) is 0 Å². The standard InChI is InChI=1S/C12H13NO2S/c1-16-9-4-5-10(13-7-9)12(15)6-11(14)8-2-3-8/h4-5,7-8H,2-3,6H2,1H3. The fourth-order valence-electron chi connectivity index (χ4n) is 1.46. The lowest BCUT2D eigenvalue weighted by atomic mass is 10.1. The Labute approximate surface area is 98.6 Å². The molecule has 0 aliphatic heterocycles. The molecule has 0 aromatic carbocycles. The fraction of sp³-hybridized carbons (Fsp3) is 0.417.